The van der Waals surface area contributed by atoms with Crippen LogP contribution in [0.25, 0.3) is 5.70 Å². The molecule has 2 aliphatic rings. The Labute approximate surface area is 176 Å². The molecule has 1 aliphatic heterocycles. The standard InChI is InChI=1S/C23H25N5O2/c1-15(30-18-8-6-7-17(12-18)28(2)3)13-25-23-26-14-16-11-20(29)19-9-4-5-10-24-22(19)21(16)27-23/h4-8,10,12,14-15H,9,11,13H2,1-3H3,(H,25,26,27). The smallest absolute Gasteiger partial charge is 0.223 e. The Balaban J connectivity index is 1.46. The number of fused-ring (bicyclic) bond motifs is 2. The molecule has 7 heteroatoms. The summed E-state index contributed by atoms with van der Waals surface area (Å²) < 4.78 is 6.03. The van der Waals surface area contributed by atoms with Gasteiger partial charge in [0.05, 0.1) is 17.9 Å². The second-order valence-corrected chi connectivity index (χ2v) is 7.61. The average molecular weight is 403 g/mol. The Hall–Kier alpha value is -3.48. The molecule has 1 aliphatic carbocycles. The summed E-state index contributed by atoms with van der Waals surface area (Å²) in [6, 6.07) is 7.97. The molecule has 30 heavy (non-hydrogen) atoms. The molecule has 0 saturated heterocycles. The number of carbonyl (C=O) groups excluding carboxylic acids is 1. The molecule has 0 saturated carbocycles. The fourth-order valence-electron chi connectivity index (χ4n) is 3.44. The molecular weight excluding hydrogens is 378 g/mol. The van der Waals surface area contributed by atoms with Crippen molar-refractivity contribution in [3.63, 3.8) is 0 Å². The predicted molar refractivity (Wildman–Crippen MR) is 119 cm³/mol. The van der Waals surface area contributed by atoms with Crippen molar-refractivity contribution >= 4 is 29.3 Å². The summed E-state index contributed by atoms with van der Waals surface area (Å²) in [7, 11) is 4.00. The summed E-state index contributed by atoms with van der Waals surface area (Å²) in [4.78, 5) is 27.9. The number of ketones is 1. The van der Waals surface area contributed by atoms with Gasteiger partial charge in [-0.15, -0.1) is 0 Å². The molecule has 154 valence electrons. The van der Waals surface area contributed by atoms with Crippen molar-refractivity contribution in [2.75, 3.05) is 30.9 Å². The van der Waals surface area contributed by atoms with Crippen LogP contribution in [-0.4, -0.2) is 48.7 Å². The Bertz CT molecular complexity index is 1060. The molecule has 0 spiro atoms. The van der Waals surface area contributed by atoms with Crippen molar-refractivity contribution < 1.29 is 9.53 Å². The molecule has 1 aromatic heterocycles. The van der Waals surface area contributed by atoms with E-state index in [-0.39, 0.29) is 11.9 Å². The maximum absolute atomic E-state index is 12.4. The zero-order chi connectivity index (χ0) is 21.1. The number of rotatable bonds is 6. The van der Waals surface area contributed by atoms with E-state index in [1.165, 1.54) is 0 Å². The van der Waals surface area contributed by atoms with E-state index in [0.29, 0.717) is 31.0 Å². The maximum Gasteiger partial charge on any atom is 0.223 e. The van der Waals surface area contributed by atoms with Gasteiger partial charge in [-0.1, -0.05) is 12.1 Å². The van der Waals surface area contributed by atoms with Gasteiger partial charge in [-0.25, -0.2) is 9.97 Å². The minimum Gasteiger partial charge on any atom is -0.489 e. The Morgan fingerprint density at radius 2 is 2.17 bits per heavy atom. The molecular formula is C23H25N5O2. The third-order valence-corrected chi connectivity index (χ3v) is 5.03. The number of aromatic nitrogens is 2. The quantitative estimate of drug-likeness (QED) is 0.797. The van der Waals surface area contributed by atoms with Gasteiger partial charge >= 0.3 is 0 Å². The lowest BCUT2D eigenvalue weighted by Gasteiger charge is -2.20. The third-order valence-electron chi connectivity index (χ3n) is 5.03. The molecule has 0 fully saturated rings. The Morgan fingerprint density at radius 1 is 1.30 bits per heavy atom. The van der Waals surface area contributed by atoms with Gasteiger partial charge in [-0.2, -0.15) is 0 Å². The predicted octanol–water partition coefficient (Wildman–Crippen LogP) is 3.29. The Kier molecular flexibility index (Phi) is 5.61. The second kappa shape index (κ2) is 8.49. The van der Waals surface area contributed by atoms with E-state index >= 15 is 0 Å². The van der Waals surface area contributed by atoms with Gasteiger partial charge in [-0.3, -0.25) is 9.79 Å². The summed E-state index contributed by atoms with van der Waals surface area (Å²) in [6.45, 7) is 2.54. The lowest BCUT2D eigenvalue weighted by Crippen LogP contribution is -2.24. The maximum atomic E-state index is 12.4. The van der Waals surface area contributed by atoms with Gasteiger partial charge in [-0.05, 0) is 31.6 Å². The summed E-state index contributed by atoms with van der Waals surface area (Å²) >= 11 is 0. The van der Waals surface area contributed by atoms with Gasteiger partial charge in [0.15, 0.2) is 5.78 Å². The summed E-state index contributed by atoms with van der Waals surface area (Å²) in [5.41, 5.74) is 4.00. The van der Waals surface area contributed by atoms with Gasteiger partial charge < -0.3 is 15.0 Å². The summed E-state index contributed by atoms with van der Waals surface area (Å²) in [6.07, 6.45) is 8.04. The van der Waals surface area contributed by atoms with Gasteiger partial charge in [0.25, 0.3) is 0 Å². The topological polar surface area (TPSA) is 79.7 Å². The third kappa shape index (κ3) is 4.25. The minimum absolute atomic E-state index is 0.0847. The van der Waals surface area contributed by atoms with Crippen LogP contribution >= 0.6 is 0 Å². The number of ether oxygens (including phenoxy) is 1. The number of anilines is 2. The van der Waals surface area contributed by atoms with Crippen LogP contribution < -0.4 is 15.0 Å². The molecule has 1 unspecified atom stereocenters. The zero-order valence-corrected chi connectivity index (χ0v) is 17.4. The SMILES string of the molecule is CC(CNc1ncc2c(n1)C1=C(CC=CC=N1)C(=O)C2)Oc1cccc(N(C)C)c1. The number of hydrogen-bond acceptors (Lipinski definition) is 7. The zero-order valence-electron chi connectivity index (χ0n) is 17.4. The number of aliphatic imine (C=N–C) groups is 1. The highest BCUT2D eigenvalue weighted by Crippen LogP contribution is 2.32. The van der Waals surface area contributed by atoms with Crippen LogP contribution in [0.3, 0.4) is 0 Å². The van der Waals surface area contributed by atoms with Gasteiger partial charge in [0.2, 0.25) is 5.95 Å². The first-order chi connectivity index (χ1) is 14.5. The number of carbonyl (C=O) groups is 1. The molecule has 2 heterocycles. The van der Waals surface area contributed by atoms with E-state index in [0.717, 1.165) is 28.3 Å². The fraction of sp³-hybridized carbons (Fsp3) is 0.304. The highest BCUT2D eigenvalue weighted by atomic mass is 16.5. The normalized spacial score (nSPS) is 15.9. The molecule has 0 bridgehead atoms. The second-order valence-electron chi connectivity index (χ2n) is 7.61. The van der Waals surface area contributed by atoms with Gasteiger partial charge in [0.1, 0.15) is 11.9 Å². The number of allylic oxidation sites excluding steroid dienone is 3. The molecule has 7 nitrogen and oxygen atoms in total. The molecule has 1 atom stereocenters. The Morgan fingerprint density at radius 3 is 3.00 bits per heavy atom. The average Bonchev–Trinajstić information content (AvgIpc) is 2.99. The first-order valence-electron chi connectivity index (χ1n) is 10.0. The van der Waals surface area contributed by atoms with E-state index in [1.807, 2.05) is 62.3 Å². The molecule has 1 aromatic carbocycles. The monoisotopic (exact) mass is 403 g/mol. The van der Waals surface area contributed by atoms with Crippen LogP contribution in [0.1, 0.15) is 24.6 Å². The lowest BCUT2D eigenvalue weighted by molar-refractivity contribution is -0.115. The van der Waals surface area contributed by atoms with Crippen LogP contribution in [0.5, 0.6) is 5.75 Å². The van der Waals surface area contributed by atoms with Crippen molar-refractivity contribution in [1.29, 1.82) is 0 Å². The largest absolute Gasteiger partial charge is 0.489 e. The van der Waals surface area contributed by atoms with Gasteiger partial charge in [0, 0.05) is 55.8 Å². The number of benzene rings is 1. The van der Waals surface area contributed by atoms with E-state index in [4.69, 9.17) is 4.74 Å². The number of hydrogen-bond donors (Lipinski definition) is 1. The van der Waals surface area contributed by atoms with Crippen molar-refractivity contribution in [2.45, 2.75) is 25.9 Å². The van der Waals surface area contributed by atoms with Crippen LogP contribution in [-0.2, 0) is 11.2 Å². The molecule has 2 aromatic rings. The van der Waals surface area contributed by atoms with Crippen LogP contribution in [0.2, 0.25) is 0 Å². The molecule has 1 N–H and O–H groups in total. The first-order valence-corrected chi connectivity index (χ1v) is 10.0. The van der Waals surface area contributed by atoms with Crippen molar-refractivity contribution in [1.82, 2.24) is 9.97 Å². The van der Waals surface area contributed by atoms with Crippen LogP contribution in [0, 0.1) is 0 Å². The lowest BCUT2D eigenvalue weighted by atomic mass is 9.91. The van der Waals surface area contributed by atoms with E-state index in [2.05, 4.69) is 20.3 Å². The highest BCUT2D eigenvalue weighted by Gasteiger charge is 2.27. The van der Waals surface area contributed by atoms with Crippen molar-refractivity contribution in [3.8, 4) is 5.75 Å². The van der Waals surface area contributed by atoms with E-state index < -0.39 is 0 Å². The summed E-state index contributed by atoms with van der Waals surface area (Å²) in [5.74, 6) is 1.41. The number of nitrogens with zero attached hydrogens (tertiary/aromatic N) is 4. The molecule has 4 rings (SSSR count). The molecule has 0 amide bonds. The first kappa shape index (κ1) is 19.8. The van der Waals surface area contributed by atoms with Crippen LogP contribution in [0.15, 0.2) is 53.2 Å². The van der Waals surface area contributed by atoms with Crippen LogP contribution in [0.4, 0.5) is 11.6 Å². The summed E-state index contributed by atoms with van der Waals surface area (Å²) in [5, 5.41) is 3.24. The van der Waals surface area contributed by atoms with Crippen molar-refractivity contribution in [3.05, 3.63) is 59.4 Å². The van der Waals surface area contributed by atoms with E-state index in [1.54, 1.807) is 12.4 Å². The fourth-order valence-corrected chi connectivity index (χ4v) is 3.44. The molecule has 0 radical (unpaired) electrons. The van der Waals surface area contributed by atoms with Crippen molar-refractivity contribution in [2.24, 2.45) is 4.99 Å². The number of nitrogens with one attached hydrogen (secondary N) is 1. The number of Topliss-reactive ketones (excluding diaryl/α,β-unsaturated/α-hetero) is 1. The van der Waals surface area contributed by atoms with E-state index in [9.17, 15) is 4.79 Å². The minimum atomic E-state index is -0.0847. The highest BCUT2D eigenvalue weighted by molar-refractivity contribution is 6.08.